The molecule has 0 bridgehead atoms. The molecule has 0 heterocycles. The normalized spacial score (nSPS) is 12.3. The van der Waals surface area contributed by atoms with Crippen molar-refractivity contribution in [1.82, 2.24) is 0 Å². The zero-order valence-corrected chi connectivity index (χ0v) is 52.5. The van der Waals surface area contributed by atoms with Gasteiger partial charge in [0.25, 0.3) is 0 Å². The number of rotatable bonds is 64. The highest BCUT2D eigenvalue weighted by Gasteiger charge is 2.19. The first-order valence-electron chi connectivity index (χ1n) is 34.6. The number of carbonyl (C=O) groups excluding carboxylic acids is 3. The fourth-order valence-electron chi connectivity index (χ4n) is 10.3. The molecule has 0 saturated carbocycles. The summed E-state index contributed by atoms with van der Waals surface area (Å²) in [5.41, 5.74) is 0. The van der Waals surface area contributed by atoms with Crippen molar-refractivity contribution in [3.8, 4) is 0 Å². The lowest BCUT2D eigenvalue weighted by Gasteiger charge is -2.18. The van der Waals surface area contributed by atoms with Crippen molar-refractivity contribution in [3.63, 3.8) is 0 Å². The summed E-state index contributed by atoms with van der Waals surface area (Å²) >= 11 is 0. The van der Waals surface area contributed by atoms with E-state index in [1.807, 2.05) is 0 Å². The molecule has 0 aliphatic heterocycles. The molecule has 78 heavy (non-hydrogen) atoms. The summed E-state index contributed by atoms with van der Waals surface area (Å²) < 4.78 is 17.0. The molecule has 0 aliphatic rings. The molecule has 0 spiro atoms. The van der Waals surface area contributed by atoms with Gasteiger partial charge in [-0.05, 0) is 83.5 Å². The van der Waals surface area contributed by atoms with Crippen molar-refractivity contribution in [2.24, 2.45) is 0 Å². The maximum Gasteiger partial charge on any atom is 0.306 e. The van der Waals surface area contributed by atoms with Gasteiger partial charge in [0.1, 0.15) is 13.2 Å². The zero-order valence-electron chi connectivity index (χ0n) is 52.5. The molecular weight excluding hydrogens is 961 g/mol. The van der Waals surface area contributed by atoms with Crippen LogP contribution in [0.2, 0.25) is 0 Å². The van der Waals surface area contributed by atoms with Crippen LogP contribution in [-0.2, 0) is 28.6 Å². The third-order valence-electron chi connectivity index (χ3n) is 15.6. The van der Waals surface area contributed by atoms with Crippen LogP contribution in [0.25, 0.3) is 0 Å². The predicted molar refractivity (Wildman–Crippen MR) is 339 cm³/mol. The second-order valence-electron chi connectivity index (χ2n) is 23.4. The van der Waals surface area contributed by atoms with E-state index in [1.165, 1.54) is 257 Å². The van der Waals surface area contributed by atoms with Crippen molar-refractivity contribution in [1.29, 1.82) is 0 Å². The first-order chi connectivity index (χ1) is 38.5. The highest BCUT2D eigenvalue weighted by Crippen LogP contribution is 2.18. The van der Waals surface area contributed by atoms with Crippen molar-refractivity contribution in [2.75, 3.05) is 13.2 Å². The van der Waals surface area contributed by atoms with Crippen molar-refractivity contribution in [2.45, 2.75) is 380 Å². The van der Waals surface area contributed by atoms with Gasteiger partial charge in [-0.3, -0.25) is 14.4 Å². The van der Waals surface area contributed by atoms with Gasteiger partial charge < -0.3 is 14.2 Å². The Morgan fingerprint density at radius 3 is 0.718 bits per heavy atom. The molecule has 0 aromatic carbocycles. The van der Waals surface area contributed by atoms with Gasteiger partial charge in [0.05, 0.1) is 0 Å². The number of hydrogen-bond donors (Lipinski definition) is 0. The highest BCUT2D eigenvalue weighted by molar-refractivity contribution is 5.71. The molecule has 0 aliphatic carbocycles. The first-order valence-corrected chi connectivity index (χ1v) is 34.6. The van der Waals surface area contributed by atoms with E-state index in [-0.39, 0.29) is 31.1 Å². The van der Waals surface area contributed by atoms with Crippen LogP contribution in [0.5, 0.6) is 0 Å². The third-order valence-corrected chi connectivity index (χ3v) is 15.6. The minimum absolute atomic E-state index is 0.0715. The van der Waals surface area contributed by atoms with E-state index in [2.05, 4.69) is 69.4 Å². The largest absolute Gasteiger partial charge is 0.462 e. The van der Waals surface area contributed by atoms with E-state index in [9.17, 15) is 14.4 Å². The molecule has 0 fully saturated rings. The smallest absolute Gasteiger partial charge is 0.306 e. The van der Waals surface area contributed by atoms with Crippen LogP contribution in [-0.4, -0.2) is 37.2 Å². The Bertz CT molecular complexity index is 1350. The molecule has 6 nitrogen and oxygen atoms in total. The molecule has 0 saturated heterocycles. The Morgan fingerprint density at radius 1 is 0.256 bits per heavy atom. The number of hydrogen-bond acceptors (Lipinski definition) is 6. The van der Waals surface area contributed by atoms with Gasteiger partial charge in [-0.2, -0.15) is 0 Å². The van der Waals surface area contributed by atoms with E-state index >= 15 is 0 Å². The standard InChI is InChI=1S/C72H132O6/c1-4-7-10-13-16-19-22-25-28-30-32-33-34-35-36-37-38-39-40-42-44-47-50-53-56-59-62-65-71(74)77-68-69(67-76-70(73)64-61-58-55-52-49-46-43-27-24-21-18-15-12-9-6-3)78-72(75)66-63-60-57-54-51-48-45-41-31-29-26-23-20-17-14-11-8-5-2/h20,22-23,25,29-32,69H,4-19,21,24,26-28,33-68H2,1-3H3/b23-20-,25-22-,31-29-,32-30-. The van der Waals surface area contributed by atoms with Gasteiger partial charge in [-0.15, -0.1) is 0 Å². The molecule has 0 amide bonds. The third kappa shape index (κ3) is 64.2. The van der Waals surface area contributed by atoms with Crippen molar-refractivity contribution >= 4 is 17.9 Å². The Balaban J connectivity index is 4.26. The minimum atomic E-state index is -0.776. The second-order valence-corrected chi connectivity index (χ2v) is 23.4. The van der Waals surface area contributed by atoms with Crippen LogP contribution in [0.1, 0.15) is 374 Å². The summed E-state index contributed by atoms with van der Waals surface area (Å²) in [4.78, 5) is 38.4. The van der Waals surface area contributed by atoms with Gasteiger partial charge in [0.15, 0.2) is 6.10 Å². The Kier molecular flexibility index (Phi) is 64.6. The SMILES string of the molecule is CCCCCC/C=C\C/C=C\CCCCCCCCCC(=O)OC(COC(=O)CCCCCCCCCCCCCCCCC)COC(=O)CCCCCCCCCCCCCCCCC/C=C\C/C=C\CCCCCCC. The van der Waals surface area contributed by atoms with Gasteiger partial charge in [-0.1, -0.05) is 320 Å². The fourth-order valence-corrected chi connectivity index (χ4v) is 10.3. The maximum absolute atomic E-state index is 12.9. The summed E-state index contributed by atoms with van der Waals surface area (Å²) in [6, 6.07) is 0. The first kappa shape index (κ1) is 75.4. The van der Waals surface area contributed by atoms with Crippen LogP contribution >= 0.6 is 0 Å². The van der Waals surface area contributed by atoms with E-state index < -0.39 is 6.10 Å². The molecule has 0 aromatic heterocycles. The molecular formula is C72H132O6. The van der Waals surface area contributed by atoms with Crippen LogP contribution in [0.4, 0.5) is 0 Å². The van der Waals surface area contributed by atoms with Crippen molar-refractivity contribution in [3.05, 3.63) is 48.6 Å². The molecule has 6 heteroatoms. The maximum atomic E-state index is 12.9. The Labute approximate surface area is 486 Å². The lowest BCUT2D eigenvalue weighted by Crippen LogP contribution is -2.30. The second kappa shape index (κ2) is 66.9. The molecule has 0 N–H and O–H groups in total. The molecule has 0 rings (SSSR count). The summed E-state index contributed by atoms with van der Waals surface area (Å²) in [5, 5.41) is 0. The summed E-state index contributed by atoms with van der Waals surface area (Å²) in [6.07, 6.45) is 84.1. The Morgan fingerprint density at radius 2 is 0.462 bits per heavy atom. The van der Waals surface area contributed by atoms with Crippen LogP contribution in [0.3, 0.4) is 0 Å². The van der Waals surface area contributed by atoms with E-state index in [4.69, 9.17) is 14.2 Å². The van der Waals surface area contributed by atoms with Gasteiger partial charge in [-0.25, -0.2) is 0 Å². The lowest BCUT2D eigenvalue weighted by atomic mass is 10.0. The fraction of sp³-hybridized carbons (Fsp3) is 0.847. The van der Waals surface area contributed by atoms with Gasteiger partial charge in [0.2, 0.25) is 0 Å². The summed E-state index contributed by atoms with van der Waals surface area (Å²) in [5.74, 6) is -0.854. The number of allylic oxidation sites excluding steroid dienone is 8. The minimum Gasteiger partial charge on any atom is -0.462 e. The van der Waals surface area contributed by atoms with Crippen molar-refractivity contribution < 1.29 is 28.6 Å². The highest BCUT2D eigenvalue weighted by atomic mass is 16.6. The number of carbonyl (C=O) groups is 3. The summed E-state index contributed by atoms with van der Waals surface area (Å²) in [6.45, 7) is 6.67. The topological polar surface area (TPSA) is 78.9 Å². The average molecular weight is 1090 g/mol. The monoisotopic (exact) mass is 1090 g/mol. The molecule has 1 atom stereocenters. The van der Waals surface area contributed by atoms with Gasteiger partial charge >= 0.3 is 17.9 Å². The van der Waals surface area contributed by atoms with Crippen LogP contribution < -0.4 is 0 Å². The number of unbranched alkanes of at least 4 members (excludes halogenated alkanes) is 45. The van der Waals surface area contributed by atoms with E-state index in [0.29, 0.717) is 19.3 Å². The molecule has 0 radical (unpaired) electrons. The number of esters is 3. The zero-order chi connectivity index (χ0) is 56.4. The summed E-state index contributed by atoms with van der Waals surface area (Å²) in [7, 11) is 0. The molecule has 0 aromatic rings. The van der Waals surface area contributed by atoms with E-state index in [1.54, 1.807) is 0 Å². The lowest BCUT2D eigenvalue weighted by molar-refractivity contribution is -0.167. The van der Waals surface area contributed by atoms with Crippen LogP contribution in [0, 0.1) is 0 Å². The van der Waals surface area contributed by atoms with Crippen LogP contribution in [0.15, 0.2) is 48.6 Å². The predicted octanol–water partition coefficient (Wildman–Crippen LogP) is 23.7. The molecule has 1 unspecified atom stereocenters. The van der Waals surface area contributed by atoms with E-state index in [0.717, 1.165) is 77.0 Å². The van der Waals surface area contributed by atoms with Gasteiger partial charge in [0, 0.05) is 19.3 Å². The quantitative estimate of drug-likeness (QED) is 0.0261. The Hall–Kier alpha value is -2.63. The number of ether oxygens (including phenoxy) is 3. The molecule has 456 valence electrons. The average Bonchev–Trinajstić information content (AvgIpc) is 3.44.